The lowest BCUT2D eigenvalue weighted by atomic mass is 10.0. The summed E-state index contributed by atoms with van der Waals surface area (Å²) in [5.41, 5.74) is 6.78. The van der Waals surface area contributed by atoms with Gasteiger partial charge in [0.25, 0.3) is 5.91 Å². The number of hydrogen-bond acceptors (Lipinski definition) is 2. The van der Waals surface area contributed by atoms with Gasteiger partial charge in [0.2, 0.25) is 0 Å². The fourth-order valence-corrected chi connectivity index (χ4v) is 1.90. The van der Waals surface area contributed by atoms with Crippen LogP contribution < -0.4 is 5.43 Å². The van der Waals surface area contributed by atoms with Gasteiger partial charge in [-0.05, 0) is 43.5 Å². The SMILES string of the molecule is C/C=N/NC(=O)c1ccc(Cc2ccc(C)cc2)cc1. The number of nitrogens with one attached hydrogen (secondary N) is 1. The molecule has 102 valence electrons. The zero-order chi connectivity index (χ0) is 14.4. The Labute approximate surface area is 119 Å². The first-order valence-electron chi connectivity index (χ1n) is 6.61. The van der Waals surface area contributed by atoms with E-state index in [9.17, 15) is 4.79 Å². The van der Waals surface area contributed by atoms with Crippen LogP contribution in [0.5, 0.6) is 0 Å². The van der Waals surface area contributed by atoms with Crippen molar-refractivity contribution in [2.75, 3.05) is 0 Å². The van der Waals surface area contributed by atoms with Crippen LogP contribution in [0.1, 0.15) is 34.0 Å². The summed E-state index contributed by atoms with van der Waals surface area (Å²) in [6.07, 6.45) is 2.42. The lowest BCUT2D eigenvalue weighted by molar-refractivity contribution is 0.0955. The summed E-state index contributed by atoms with van der Waals surface area (Å²) >= 11 is 0. The summed E-state index contributed by atoms with van der Waals surface area (Å²) in [5.74, 6) is -0.190. The molecule has 2 aromatic carbocycles. The van der Waals surface area contributed by atoms with Crippen molar-refractivity contribution in [3.63, 3.8) is 0 Å². The minimum atomic E-state index is -0.190. The normalized spacial score (nSPS) is 10.7. The van der Waals surface area contributed by atoms with Crippen LogP contribution in [0.2, 0.25) is 0 Å². The lowest BCUT2D eigenvalue weighted by Gasteiger charge is -2.04. The van der Waals surface area contributed by atoms with E-state index in [1.807, 2.05) is 24.3 Å². The van der Waals surface area contributed by atoms with Crippen molar-refractivity contribution in [1.82, 2.24) is 5.43 Å². The predicted octanol–water partition coefficient (Wildman–Crippen LogP) is 3.32. The molecule has 1 amide bonds. The Morgan fingerprint density at radius 1 is 1.05 bits per heavy atom. The molecule has 2 aromatic rings. The van der Waals surface area contributed by atoms with E-state index in [0.717, 1.165) is 6.42 Å². The van der Waals surface area contributed by atoms with Crippen molar-refractivity contribution in [1.29, 1.82) is 0 Å². The Kier molecular flexibility index (Phi) is 4.66. The van der Waals surface area contributed by atoms with E-state index in [2.05, 4.69) is 41.7 Å². The molecule has 0 aromatic heterocycles. The van der Waals surface area contributed by atoms with Crippen molar-refractivity contribution in [3.8, 4) is 0 Å². The molecule has 0 atom stereocenters. The Morgan fingerprint density at radius 2 is 1.60 bits per heavy atom. The fourth-order valence-electron chi connectivity index (χ4n) is 1.90. The number of amides is 1. The smallest absolute Gasteiger partial charge is 0.267 e. The third-order valence-corrected chi connectivity index (χ3v) is 3.04. The third kappa shape index (κ3) is 3.79. The monoisotopic (exact) mass is 266 g/mol. The summed E-state index contributed by atoms with van der Waals surface area (Å²) in [6.45, 7) is 3.83. The van der Waals surface area contributed by atoms with E-state index in [4.69, 9.17) is 0 Å². The van der Waals surface area contributed by atoms with Crippen LogP contribution in [0, 0.1) is 6.92 Å². The van der Waals surface area contributed by atoms with Crippen LogP contribution in [0.3, 0.4) is 0 Å². The molecule has 0 heterocycles. The Morgan fingerprint density at radius 3 is 2.15 bits per heavy atom. The first-order chi connectivity index (χ1) is 9.69. The van der Waals surface area contributed by atoms with Gasteiger partial charge in [0.05, 0.1) is 0 Å². The number of nitrogens with zero attached hydrogens (tertiary/aromatic N) is 1. The molecule has 0 bridgehead atoms. The van der Waals surface area contributed by atoms with Gasteiger partial charge in [-0.1, -0.05) is 42.0 Å². The zero-order valence-electron chi connectivity index (χ0n) is 11.8. The molecule has 2 rings (SSSR count). The van der Waals surface area contributed by atoms with E-state index in [0.29, 0.717) is 5.56 Å². The summed E-state index contributed by atoms with van der Waals surface area (Å²) in [7, 11) is 0. The summed E-state index contributed by atoms with van der Waals surface area (Å²) in [5, 5.41) is 3.72. The van der Waals surface area contributed by atoms with Crippen LogP contribution in [-0.2, 0) is 6.42 Å². The van der Waals surface area contributed by atoms with Crippen LogP contribution in [-0.4, -0.2) is 12.1 Å². The second kappa shape index (κ2) is 6.66. The van der Waals surface area contributed by atoms with Crippen molar-refractivity contribution >= 4 is 12.1 Å². The first-order valence-corrected chi connectivity index (χ1v) is 6.61. The largest absolute Gasteiger partial charge is 0.271 e. The Hall–Kier alpha value is -2.42. The lowest BCUT2D eigenvalue weighted by Crippen LogP contribution is -2.17. The predicted molar refractivity (Wildman–Crippen MR) is 82.1 cm³/mol. The van der Waals surface area contributed by atoms with Gasteiger partial charge in [0.15, 0.2) is 0 Å². The molecule has 0 aliphatic rings. The van der Waals surface area contributed by atoms with Gasteiger partial charge in [-0.3, -0.25) is 4.79 Å². The average molecular weight is 266 g/mol. The minimum Gasteiger partial charge on any atom is -0.267 e. The third-order valence-electron chi connectivity index (χ3n) is 3.04. The molecule has 0 saturated carbocycles. The molecule has 3 nitrogen and oxygen atoms in total. The van der Waals surface area contributed by atoms with Crippen LogP contribution in [0.4, 0.5) is 0 Å². The molecule has 0 spiro atoms. The molecule has 0 unspecified atom stereocenters. The molecule has 0 fully saturated rings. The van der Waals surface area contributed by atoms with E-state index in [1.165, 1.54) is 16.7 Å². The number of hydrazone groups is 1. The summed E-state index contributed by atoms with van der Waals surface area (Å²) < 4.78 is 0. The highest BCUT2D eigenvalue weighted by Crippen LogP contribution is 2.12. The van der Waals surface area contributed by atoms with Gasteiger partial charge < -0.3 is 0 Å². The highest BCUT2D eigenvalue weighted by molar-refractivity contribution is 5.94. The van der Waals surface area contributed by atoms with Gasteiger partial charge in [-0.2, -0.15) is 5.10 Å². The van der Waals surface area contributed by atoms with Crippen molar-refractivity contribution in [2.45, 2.75) is 20.3 Å². The quantitative estimate of drug-likeness (QED) is 0.669. The van der Waals surface area contributed by atoms with Gasteiger partial charge in [-0.15, -0.1) is 0 Å². The topological polar surface area (TPSA) is 41.5 Å². The standard InChI is InChI=1S/C17H18N2O/c1-3-18-19-17(20)16-10-8-15(9-11-16)12-14-6-4-13(2)5-7-14/h3-11H,12H2,1-2H3,(H,19,20)/b18-3+. The number of hydrogen-bond donors (Lipinski definition) is 1. The fraction of sp³-hybridized carbons (Fsp3) is 0.176. The highest BCUT2D eigenvalue weighted by Gasteiger charge is 2.04. The summed E-state index contributed by atoms with van der Waals surface area (Å²) in [6, 6.07) is 16.1. The number of carbonyl (C=O) groups excluding carboxylic acids is 1. The molecule has 0 saturated heterocycles. The number of carbonyl (C=O) groups is 1. The molecule has 0 aliphatic heterocycles. The molecular weight excluding hydrogens is 248 g/mol. The van der Waals surface area contributed by atoms with E-state index >= 15 is 0 Å². The van der Waals surface area contributed by atoms with E-state index < -0.39 is 0 Å². The van der Waals surface area contributed by atoms with E-state index in [1.54, 1.807) is 13.1 Å². The molecule has 3 heteroatoms. The Bertz CT molecular complexity index is 598. The van der Waals surface area contributed by atoms with Gasteiger partial charge >= 0.3 is 0 Å². The maximum absolute atomic E-state index is 11.7. The first kappa shape index (κ1) is 14.0. The molecule has 1 N–H and O–H groups in total. The minimum absolute atomic E-state index is 0.190. The Balaban J connectivity index is 2.04. The van der Waals surface area contributed by atoms with E-state index in [-0.39, 0.29) is 5.91 Å². The zero-order valence-corrected chi connectivity index (χ0v) is 11.8. The van der Waals surface area contributed by atoms with Gasteiger partial charge in [0, 0.05) is 11.8 Å². The molecule has 0 aliphatic carbocycles. The molecule has 20 heavy (non-hydrogen) atoms. The highest BCUT2D eigenvalue weighted by atomic mass is 16.2. The molecular formula is C17H18N2O. The van der Waals surface area contributed by atoms with Crippen LogP contribution >= 0.6 is 0 Å². The van der Waals surface area contributed by atoms with Crippen molar-refractivity contribution < 1.29 is 4.79 Å². The molecule has 0 radical (unpaired) electrons. The summed E-state index contributed by atoms with van der Waals surface area (Å²) in [4.78, 5) is 11.7. The second-order valence-electron chi connectivity index (χ2n) is 4.69. The maximum Gasteiger partial charge on any atom is 0.271 e. The van der Waals surface area contributed by atoms with Crippen LogP contribution in [0.25, 0.3) is 0 Å². The van der Waals surface area contributed by atoms with Crippen LogP contribution in [0.15, 0.2) is 53.6 Å². The maximum atomic E-state index is 11.7. The average Bonchev–Trinajstić information content (AvgIpc) is 2.48. The van der Waals surface area contributed by atoms with Gasteiger partial charge in [0.1, 0.15) is 0 Å². The van der Waals surface area contributed by atoms with Gasteiger partial charge in [-0.25, -0.2) is 5.43 Å². The second-order valence-corrected chi connectivity index (χ2v) is 4.69. The van der Waals surface area contributed by atoms with Crippen molar-refractivity contribution in [3.05, 3.63) is 70.8 Å². The number of rotatable bonds is 4. The number of aryl methyl sites for hydroxylation is 1. The number of benzene rings is 2. The van der Waals surface area contributed by atoms with Crippen molar-refractivity contribution in [2.24, 2.45) is 5.10 Å².